The average molecular weight is 280 g/mol. The fourth-order valence-corrected chi connectivity index (χ4v) is 1.07. The molecule has 3 N–H and O–H groups in total. The molecule has 0 aliphatic carbocycles. The normalized spacial score (nSPS) is 16.2. The number of esters is 1. The van der Waals surface area contributed by atoms with Gasteiger partial charge in [-0.25, -0.2) is 0 Å². The third-order valence-corrected chi connectivity index (χ3v) is 1.59. The number of Topliss-reactive ketones (excluding diaryl/α,β-unsaturated/α-hetero) is 2. The van der Waals surface area contributed by atoms with E-state index in [1.807, 2.05) is 0 Å². The summed E-state index contributed by atoms with van der Waals surface area (Å²) < 4.78 is 4.70. The Hall–Kier alpha value is -1.76. The lowest BCUT2D eigenvalue weighted by atomic mass is 10.1. The molecule has 1 atom stereocenters. The zero-order chi connectivity index (χ0) is 12.7. The second kappa shape index (κ2) is 12.7. The van der Waals surface area contributed by atoms with Crippen LogP contribution in [0.1, 0.15) is 48.0 Å². The van der Waals surface area contributed by atoms with E-state index >= 15 is 0 Å². The van der Waals surface area contributed by atoms with Gasteiger partial charge in [0.05, 0.1) is 0 Å². The first-order chi connectivity index (χ1) is 7.31. The summed E-state index contributed by atoms with van der Waals surface area (Å²) in [4.78, 5) is 40.5. The molecular formula is C12H24O7. The molecule has 1 rings (SSSR count). The number of ketones is 2. The molecule has 0 spiro atoms. The lowest BCUT2D eigenvalue weighted by molar-refractivity contribution is -0.156. The number of hydrogen-bond donors (Lipinski definition) is 1. The second-order valence-corrected chi connectivity index (χ2v) is 3.49. The fourth-order valence-electron chi connectivity index (χ4n) is 1.07. The molecule has 1 unspecified atom stereocenters. The number of cyclic esters (lactones) is 1. The van der Waals surface area contributed by atoms with E-state index in [1.54, 1.807) is 6.92 Å². The van der Waals surface area contributed by atoms with Crippen molar-refractivity contribution in [3.63, 3.8) is 0 Å². The van der Waals surface area contributed by atoms with Crippen molar-refractivity contribution in [3.05, 3.63) is 0 Å². The molecule has 0 aromatic heterocycles. The zero-order valence-corrected chi connectivity index (χ0v) is 9.69. The molecule has 0 aromatic carbocycles. The van der Waals surface area contributed by atoms with E-state index in [2.05, 4.69) is 0 Å². The van der Waals surface area contributed by atoms with Crippen LogP contribution in [0.3, 0.4) is 0 Å². The predicted molar refractivity (Wildman–Crippen MR) is 69.8 cm³/mol. The standard InChI is InChI=1S/C6H8O3.C4H6O3.2CH4.H2O/c1-4-2-5(7)3-6(8)9-4;1-3(5)2-4(6)7;;;/h4H,2-3H2,1H3;2H2,1H3,(H,6,7);2*1H4;1H2. The van der Waals surface area contributed by atoms with Gasteiger partial charge in [-0.15, -0.1) is 0 Å². The molecule has 1 fully saturated rings. The van der Waals surface area contributed by atoms with Crippen LogP contribution in [-0.2, 0) is 23.9 Å². The maximum absolute atomic E-state index is 10.6. The Balaban J connectivity index is -0.000000105. The first kappa shape index (κ1) is 25.9. The first-order valence-corrected chi connectivity index (χ1v) is 4.73. The Bertz CT molecular complexity index is 281. The predicted octanol–water partition coefficient (Wildman–Crippen LogP) is 0.779. The summed E-state index contributed by atoms with van der Waals surface area (Å²) in [5.41, 5.74) is 0. The quantitative estimate of drug-likeness (QED) is 0.587. The maximum atomic E-state index is 10.6. The molecule has 0 radical (unpaired) electrons. The summed E-state index contributed by atoms with van der Waals surface area (Å²) in [6.07, 6.45) is -0.227. The summed E-state index contributed by atoms with van der Waals surface area (Å²) in [5.74, 6) is -1.78. The number of aliphatic carboxylic acids is 1. The van der Waals surface area contributed by atoms with E-state index in [4.69, 9.17) is 9.84 Å². The minimum atomic E-state index is -1.06. The lowest BCUT2D eigenvalue weighted by Crippen LogP contribution is -2.27. The van der Waals surface area contributed by atoms with Crippen molar-refractivity contribution in [1.82, 2.24) is 0 Å². The van der Waals surface area contributed by atoms with Gasteiger partial charge < -0.3 is 15.3 Å². The summed E-state index contributed by atoms with van der Waals surface area (Å²) in [7, 11) is 0. The Morgan fingerprint density at radius 1 is 1.32 bits per heavy atom. The van der Waals surface area contributed by atoms with Gasteiger partial charge in [0.25, 0.3) is 0 Å². The summed E-state index contributed by atoms with van der Waals surface area (Å²) >= 11 is 0. The highest BCUT2D eigenvalue weighted by molar-refractivity contribution is 5.97. The van der Waals surface area contributed by atoms with Crippen molar-refractivity contribution in [2.24, 2.45) is 0 Å². The number of carboxylic acids is 1. The van der Waals surface area contributed by atoms with Crippen LogP contribution in [0.25, 0.3) is 0 Å². The van der Waals surface area contributed by atoms with E-state index in [9.17, 15) is 19.2 Å². The van der Waals surface area contributed by atoms with Crippen LogP contribution in [0.5, 0.6) is 0 Å². The Morgan fingerprint density at radius 3 is 2.00 bits per heavy atom. The maximum Gasteiger partial charge on any atom is 0.313 e. The molecule has 19 heavy (non-hydrogen) atoms. The van der Waals surface area contributed by atoms with Crippen molar-refractivity contribution >= 4 is 23.5 Å². The summed E-state index contributed by atoms with van der Waals surface area (Å²) in [6, 6.07) is 0. The number of carboxylic acid groups (broad SMARTS) is 1. The van der Waals surface area contributed by atoms with Crippen LogP contribution in [0.15, 0.2) is 0 Å². The molecule has 0 amide bonds. The van der Waals surface area contributed by atoms with Crippen molar-refractivity contribution < 1.29 is 34.5 Å². The molecule has 0 saturated carbocycles. The number of hydrogen-bond acceptors (Lipinski definition) is 5. The van der Waals surface area contributed by atoms with E-state index in [-0.39, 0.29) is 50.8 Å². The SMILES string of the molecule is C.C.CC(=O)CC(=O)O.CC1CC(=O)CC(=O)O1.O. The molecule has 1 aliphatic rings. The molecular weight excluding hydrogens is 256 g/mol. The molecule has 0 aromatic rings. The minimum Gasteiger partial charge on any atom is -0.481 e. The summed E-state index contributed by atoms with van der Waals surface area (Å²) in [5, 5.41) is 7.86. The van der Waals surface area contributed by atoms with Crippen LogP contribution in [0, 0.1) is 0 Å². The van der Waals surface area contributed by atoms with Crippen molar-refractivity contribution in [2.45, 2.75) is 54.1 Å². The smallest absolute Gasteiger partial charge is 0.313 e. The van der Waals surface area contributed by atoms with Crippen LogP contribution < -0.4 is 0 Å². The van der Waals surface area contributed by atoms with Gasteiger partial charge in [0.15, 0.2) is 0 Å². The van der Waals surface area contributed by atoms with Gasteiger partial charge >= 0.3 is 11.9 Å². The van der Waals surface area contributed by atoms with Gasteiger partial charge in [0.2, 0.25) is 0 Å². The van der Waals surface area contributed by atoms with Crippen LogP contribution in [0.4, 0.5) is 0 Å². The number of carbonyl (C=O) groups is 4. The highest BCUT2D eigenvalue weighted by Gasteiger charge is 2.22. The van der Waals surface area contributed by atoms with Crippen molar-refractivity contribution in [2.75, 3.05) is 0 Å². The van der Waals surface area contributed by atoms with Gasteiger partial charge in [-0.2, -0.15) is 0 Å². The fraction of sp³-hybridized carbons (Fsp3) is 0.667. The van der Waals surface area contributed by atoms with Gasteiger partial charge in [-0.3, -0.25) is 19.2 Å². The van der Waals surface area contributed by atoms with E-state index in [1.165, 1.54) is 6.92 Å². The van der Waals surface area contributed by atoms with E-state index < -0.39 is 11.9 Å². The van der Waals surface area contributed by atoms with Crippen LogP contribution in [0.2, 0.25) is 0 Å². The Labute approximate surface area is 113 Å². The highest BCUT2D eigenvalue weighted by Crippen LogP contribution is 2.09. The van der Waals surface area contributed by atoms with Gasteiger partial charge in [0, 0.05) is 6.42 Å². The van der Waals surface area contributed by atoms with Gasteiger partial charge in [-0.1, -0.05) is 14.9 Å². The molecule has 7 nitrogen and oxygen atoms in total. The average Bonchev–Trinajstić information content (AvgIpc) is 1.97. The Morgan fingerprint density at radius 2 is 1.79 bits per heavy atom. The molecule has 114 valence electrons. The van der Waals surface area contributed by atoms with Crippen LogP contribution in [-0.4, -0.2) is 40.2 Å². The molecule has 7 heteroatoms. The van der Waals surface area contributed by atoms with E-state index in [0.717, 1.165) is 0 Å². The van der Waals surface area contributed by atoms with Crippen molar-refractivity contribution in [3.8, 4) is 0 Å². The number of carbonyl (C=O) groups excluding carboxylic acids is 3. The zero-order valence-electron chi connectivity index (χ0n) is 9.69. The monoisotopic (exact) mass is 280 g/mol. The molecule has 1 heterocycles. The van der Waals surface area contributed by atoms with Crippen LogP contribution >= 0.6 is 0 Å². The molecule has 0 bridgehead atoms. The largest absolute Gasteiger partial charge is 0.481 e. The number of ether oxygens (including phenoxy) is 1. The molecule has 1 saturated heterocycles. The second-order valence-electron chi connectivity index (χ2n) is 3.49. The van der Waals surface area contributed by atoms with Crippen molar-refractivity contribution in [1.29, 1.82) is 0 Å². The number of rotatable bonds is 2. The lowest BCUT2D eigenvalue weighted by Gasteiger charge is -2.16. The Kier molecular flexibility index (Phi) is 17.3. The first-order valence-electron chi connectivity index (χ1n) is 4.73. The molecule has 1 aliphatic heterocycles. The third kappa shape index (κ3) is 16.2. The summed E-state index contributed by atoms with van der Waals surface area (Å²) in [6.45, 7) is 2.96. The minimum absolute atomic E-state index is 0. The van der Waals surface area contributed by atoms with Gasteiger partial charge in [0.1, 0.15) is 30.5 Å². The van der Waals surface area contributed by atoms with Gasteiger partial charge in [-0.05, 0) is 13.8 Å². The highest BCUT2D eigenvalue weighted by atomic mass is 16.5. The van der Waals surface area contributed by atoms with E-state index in [0.29, 0.717) is 6.42 Å². The third-order valence-electron chi connectivity index (χ3n) is 1.59. The topological polar surface area (TPSA) is 129 Å².